The molecule has 0 spiro atoms. The van der Waals surface area contributed by atoms with E-state index in [1.807, 2.05) is 6.07 Å². The van der Waals surface area contributed by atoms with E-state index in [1.165, 1.54) is 7.11 Å². The molecule has 0 radical (unpaired) electrons. The highest BCUT2D eigenvalue weighted by Gasteiger charge is 2.18. The number of rotatable bonds is 9. The van der Waals surface area contributed by atoms with Gasteiger partial charge in [0.2, 0.25) is 0 Å². The summed E-state index contributed by atoms with van der Waals surface area (Å²) in [5, 5.41) is 9.42. The maximum atomic E-state index is 12.8. The van der Waals surface area contributed by atoms with Crippen LogP contribution in [0.2, 0.25) is 5.02 Å². The average Bonchev–Trinajstić information content (AvgIpc) is 2.70. The molecular formula is C23H21ClO6S. The molecule has 0 aliphatic heterocycles. The van der Waals surface area contributed by atoms with Gasteiger partial charge in [-0.05, 0) is 41.5 Å². The summed E-state index contributed by atoms with van der Waals surface area (Å²) in [5.41, 5.74) is 1.61. The van der Waals surface area contributed by atoms with Gasteiger partial charge in [-0.1, -0.05) is 48.0 Å². The first-order valence-electron chi connectivity index (χ1n) is 9.35. The molecule has 3 rings (SSSR count). The Balaban J connectivity index is 1.91. The van der Waals surface area contributed by atoms with Crippen LogP contribution in [0.25, 0.3) is 0 Å². The number of halogens is 1. The van der Waals surface area contributed by atoms with Crippen molar-refractivity contribution in [3.8, 4) is 17.2 Å². The average molecular weight is 461 g/mol. The molecule has 0 aromatic heterocycles. The van der Waals surface area contributed by atoms with Crippen molar-refractivity contribution in [1.82, 2.24) is 0 Å². The fraction of sp³-hybridized carbons (Fsp3) is 0.174. The van der Waals surface area contributed by atoms with E-state index in [4.69, 9.17) is 26.2 Å². The second kappa shape index (κ2) is 9.85. The highest BCUT2D eigenvalue weighted by atomic mass is 35.5. The first kappa shape index (κ1) is 22.7. The van der Waals surface area contributed by atoms with Crippen LogP contribution in [-0.4, -0.2) is 26.6 Å². The van der Waals surface area contributed by atoms with Crippen molar-refractivity contribution in [1.29, 1.82) is 0 Å². The van der Waals surface area contributed by atoms with Gasteiger partial charge in [0.25, 0.3) is 0 Å². The minimum Gasteiger partial charge on any atom is -0.493 e. The highest BCUT2D eigenvalue weighted by molar-refractivity contribution is 7.89. The third kappa shape index (κ3) is 6.47. The van der Waals surface area contributed by atoms with Crippen molar-refractivity contribution in [2.45, 2.75) is 17.9 Å². The predicted octanol–water partition coefficient (Wildman–Crippen LogP) is 4.88. The molecule has 6 nitrogen and oxygen atoms in total. The summed E-state index contributed by atoms with van der Waals surface area (Å²) in [7, 11) is -2.04. The first-order chi connectivity index (χ1) is 14.8. The molecule has 0 aliphatic rings. The molecule has 0 saturated carbocycles. The molecule has 0 atom stereocenters. The third-order valence-electron chi connectivity index (χ3n) is 4.43. The number of carboxylic acids is 1. The van der Waals surface area contributed by atoms with E-state index in [2.05, 4.69) is 0 Å². The number of carbonyl (C=O) groups is 1. The number of methoxy groups -OCH3 is 1. The Bertz CT molecular complexity index is 1180. The third-order valence-corrected chi connectivity index (χ3v) is 6.19. The van der Waals surface area contributed by atoms with Gasteiger partial charge >= 0.3 is 5.97 Å². The molecule has 162 valence electrons. The van der Waals surface area contributed by atoms with Crippen molar-refractivity contribution in [3.63, 3.8) is 0 Å². The number of ether oxygens (including phenoxy) is 2. The topological polar surface area (TPSA) is 89.9 Å². The fourth-order valence-corrected chi connectivity index (χ4v) is 4.78. The van der Waals surface area contributed by atoms with E-state index in [9.17, 15) is 13.2 Å². The normalized spacial score (nSPS) is 11.2. The maximum Gasteiger partial charge on any atom is 0.307 e. The van der Waals surface area contributed by atoms with Crippen LogP contribution in [-0.2, 0) is 32.6 Å². The van der Waals surface area contributed by atoms with Crippen LogP contribution in [0, 0.1) is 0 Å². The molecule has 0 aliphatic carbocycles. The second-order valence-corrected chi connectivity index (χ2v) is 9.43. The standard InChI is InChI=1S/C23H21ClO6S/c1-29-21-9-7-17(12-23(25)26)11-22(21)30-20-10-8-19(24)13-18(20)15-31(27,28)14-16-5-3-2-4-6-16/h2-11,13H,12,14-15H2,1H3,(H,25,26). The van der Waals surface area contributed by atoms with Crippen molar-refractivity contribution >= 4 is 27.4 Å². The SMILES string of the molecule is COc1ccc(CC(=O)O)cc1Oc1ccc(Cl)cc1CS(=O)(=O)Cc1ccccc1. The number of benzene rings is 3. The molecule has 0 amide bonds. The van der Waals surface area contributed by atoms with Crippen LogP contribution in [0.15, 0.2) is 66.7 Å². The van der Waals surface area contributed by atoms with Gasteiger partial charge in [0.15, 0.2) is 21.3 Å². The Hall–Kier alpha value is -3.03. The van der Waals surface area contributed by atoms with Crippen molar-refractivity contribution in [3.05, 3.63) is 88.4 Å². The van der Waals surface area contributed by atoms with Crippen LogP contribution < -0.4 is 9.47 Å². The maximum absolute atomic E-state index is 12.8. The number of sulfone groups is 1. The largest absolute Gasteiger partial charge is 0.493 e. The van der Waals surface area contributed by atoms with E-state index in [0.717, 1.165) is 0 Å². The smallest absolute Gasteiger partial charge is 0.307 e. The Labute approximate surface area is 185 Å². The molecule has 0 bridgehead atoms. The van der Waals surface area contributed by atoms with Gasteiger partial charge in [-0.2, -0.15) is 0 Å². The molecule has 8 heteroatoms. The lowest BCUT2D eigenvalue weighted by Gasteiger charge is -2.15. The molecule has 0 saturated heterocycles. The molecular weight excluding hydrogens is 440 g/mol. The van der Waals surface area contributed by atoms with Gasteiger partial charge in [-0.15, -0.1) is 0 Å². The minimum absolute atomic E-state index is 0.114. The van der Waals surface area contributed by atoms with E-state index in [1.54, 1.807) is 60.7 Å². The number of hydrogen-bond acceptors (Lipinski definition) is 5. The summed E-state index contributed by atoms with van der Waals surface area (Å²) in [6, 6.07) is 18.4. The zero-order valence-corrected chi connectivity index (χ0v) is 18.3. The van der Waals surface area contributed by atoms with Crippen LogP contribution >= 0.6 is 11.6 Å². The number of aliphatic carboxylic acids is 1. The molecule has 0 heterocycles. The quantitative estimate of drug-likeness (QED) is 0.489. The summed E-state index contributed by atoms with van der Waals surface area (Å²) in [6.45, 7) is 0. The molecule has 0 unspecified atom stereocenters. The zero-order valence-electron chi connectivity index (χ0n) is 16.7. The lowest BCUT2D eigenvalue weighted by atomic mass is 10.1. The molecule has 1 N–H and O–H groups in total. The lowest BCUT2D eigenvalue weighted by molar-refractivity contribution is -0.136. The monoisotopic (exact) mass is 460 g/mol. The number of carboxylic acid groups (broad SMARTS) is 1. The van der Waals surface area contributed by atoms with Crippen LogP contribution in [0.3, 0.4) is 0 Å². The lowest BCUT2D eigenvalue weighted by Crippen LogP contribution is -2.09. The Morgan fingerprint density at radius 3 is 2.29 bits per heavy atom. The van der Waals surface area contributed by atoms with E-state index >= 15 is 0 Å². The molecule has 31 heavy (non-hydrogen) atoms. The molecule has 3 aromatic rings. The summed E-state index contributed by atoms with van der Waals surface area (Å²) in [4.78, 5) is 11.0. The van der Waals surface area contributed by atoms with Gasteiger partial charge < -0.3 is 14.6 Å². The number of hydrogen-bond donors (Lipinski definition) is 1. The second-order valence-electron chi connectivity index (χ2n) is 6.93. The van der Waals surface area contributed by atoms with Crippen molar-refractivity contribution in [2.75, 3.05) is 7.11 Å². The molecule has 0 fully saturated rings. The van der Waals surface area contributed by atoms with Crippen LogP contribution in [0.1, 0.15) is 16.7 Å². The predicted molar refractivity (Wildman–Crippen MR) is 119 cm³/mol. The fourth-order valence-electron chi connectivity index (χ4n) is 3.08. The summed E-state index contributed by atoms with van der Waals surface area (Å²) in [6.07, 6.45) is -0.181. The summed E-state index contributed by atoms with van der Waals surface area (Å²) in [5.74, 6) is -0.388. The van der Waals surface area contributed by atoms with Gasteiger partial charge in [0.05, 0.1) is 25.0 Å². The van der Waals surface area contributed by atoms with E-state index in [0.29, 0.717) is 33.2 Å². The summed E-state index contributed by atoms with van der Waals surface area (Å²) >= 11 is 6.11. The Kier molecular flexibility index (Phi) is 7.20. The van der Waals surface area contributed by atoms with Crippen molar-refractivity contribution < 1.29 is 27.8 Å². The summed E-state index contributed by atoms with van der Waals surface area (Å²) < 4.78 is 36.9. The van der Waals surface area contributed by atoms with E-state index in [-0.39, 0.29) is 23.7 Å². The highest BCUT2D eigenvalue weighted by Crippen LogP contribution is 2.36. The zero-order chi connectivity index (χ0) is 22.4. The van der Waals surface area contributed by atoms with Crippen LogP contribution in [0.5, 0.6) is 17.2 Å². The van der Waals surface area contributed by atoms with Gasteiger partial charge in [0, 0.05) is 10.6 Å². The Morgan fingerprint density at radius 2 is 1.61 bits per heavy atom. The first-order valence-corrected chi connectivity index (χ1v) is 11.5. The Morgan fingerprint density at radius 1 is 0.903 bits per heavy atom. The van der Waals surface area contributed by atoms with Gasteiger partial charge in [0.1, 0.15) is 5.75 Å². The van der Waals surface area contributed by atoms with Crippen molar-refractivity contribution in [2.24, 2.45) is 0 Å². The van der Waals surface area contributed by atoms with E-state index < -0.39 is 15.8 Å². The van der Waals surface area contributed by atoms with Crippen LogP contribution in [0.4, 0.5) is 0 Å². The van der Waals surface area contributed by atoms with Gasteiger partial charge in [-0.3, -0.25) is 4.79 Å². The van der Waals surface area contributed by atoms with Gasteiger partial charge in [-0.25, -0.2) is 8.42 Å². The molecule has 3 aromatic carbocycles. The minimum atomic E-state index is -3.51.